The second kappa shape index (κ2) is 5.98. The third kappa shape index (κ3) is 2.67. The van der Waals surface area contributed by atoms with Crippen molar-refractivity contribution >= 4 is 5.97 Å². The van der Waals surface area contributed by atoms with Crippen LogP contribution in [0.3, 0.4) is 0 Å². The Bertz CT molecular complexity index is 672. The van der Waals surface area contributed by atoms with Crippen LogP contribution in [0, 0.1) is 17.1 Å². The summed E-state index contributed by atoms with van der Waals surface area (Å²) in [6.07, 6.45) is 0. The van der Waals surface area contributed by atoms with Crippen molar-refractivity contribution < 1.29 is 13.9 Å². The Hall–Kier alpha value is -2.67. The number of hydrogen-bond donors (Lipinski definition) is 0. The SMILES string of the molecule is CCOC(=O)c1ccc(-c2c(F)cccc2C#N)cc1. The highest BCUT2D eigenvalue weighted by Crippen LogP contribution is 2.26. The van der Waals surface area contributed by atoms with Crippen LogP contribution in [0.1, 0.15) is 22.8 Å². The minimum atomic E-state index is -0.465. The summed E-state index contributed by atoms with van der Waals surface area (Å²) in [5.74, 6) is -0.888. The number of carbonyl (C=O) groups is 1. The van der Waals surface area contributed by atoms with E-state index in [0.717, 1.165) is 0 Å². The molecule has 100 valence electrons. The van der Waals surface area contributed by atoms with E-state index in [4.69, 9.17) is 10.00 Å². The minimum Gasteiger partial charge on any atom is -0.462 e. The maximum absolute atomic E-state index is 13.9. The molecule has 0 fully saturated rings. The smallest absolute Gasteiger partial charge is 0.338 e. The molecule has 0 saturated carbocycles. The lowest BCUT2D eigenvalue weighted by Crippen LogP contribution is -2.04. The predicted octanol–water partition coefficient (Wildman–Crippen LogP) is 3.54. The Morgan fingerprint density at radius 1 is 1.25 bits per heavy atom. The largest absolute Gasteiger partial charge is 0.462 e. The molecule has 0 unspecified atom stereocenters. The fourth-order valence-electron chi connectivity index (χ4n) is 1.90. The summed E-state index contributed by atoms with van der Waals surface area (Å²) in [5, 5.41) is 9.03. The van der Waals surface area contributed by atoms with Crippen molar-refractivity contribution in [2.45, 2.75) is 6.92 Å². The van der Waals surface area contributed by atoms with Crippen molar-refractivity contribution in [1.82, 2.24) is 0 Å². The molecule has 0 aliphatic rings. The number of benzene rings is 2. The molecule has 0 bridgehead atoms. The van der Waals surface area contributed by atoms with Crippen LogP contribution in [0.25, 0.3) is 11.1 Å². The summed E-state index contributed by atoms with van der Waals surface area (Å²) in [4.78, 5) is 11.5. The zero-order valence-corrected chi connectivity index (χ0v) is 10.9. The second-order valence-corrected chi connectivity index (χ2v) is 4.07. The molecule has 0 aliphatic carbocycles. The molecule has 0 aromatic heterocycles. The first-order chi connectivity index (χ1) is 9.67. The van der Waals surface area contributed by atoms with Gasteiger partial charge in [0.05, 0.1) is 23.8 Å². The first-order valence-electron chi connectivity index (χ1n) is 6.13. The Morgan fingerprint density at radius 3 is 2.55 bits per heavy atom. The monoisotopic (exact) mass is 269 g/mol. The van der Waals surface area contributed by atoms with Crippen LogP contribution in [0.2, 0.25) is 0 Å². The van der Waals surface area contributed by atoms with Crippen molar-refractivity contribution in [2.24, 2.45) is 0 Å². The molecule has 0 radical (unpaired) electrons. The van der Waals surface area contributed by atoms with Gasteiger partial charge in [0.1, 0.15) is 5.82 Å². The van der Waals surface area contributed by atoms with E-state index < -0.39 is 11.8 Å². The normalized spacial score (nSPS) is 9.85. The molecule has 0 spiro atoms. The first kappa shape index (κ1) is 13.8. The fraction of sp³-hybridized carbons (Fsp3) is 0.125. The van der Waals surface area contributed by atoms with Crippen LogP contribution in [0.4, 0.5) is 4.39 Å². The summed E-state index contributed by atoms with van der Waals surface area (Å²) < 4.78 is 18.7. The highest BCUT2D eigenvalue weighted by Gasteiger charge is 2.12. The van der Waals surface area contributed by atoms with Crippen molar-refractivity contribution in [3.05, 3.63) is 59.4 Å². The molecule has 2 rings (SSSR count). The number of ether oxygens (including phenoxy) is 1. The highest BCUT2D eigenvalue weighted by atomic mass is 19.1. The van der Waals surface area contributed by atoms with Gasteiger partial charge in [0.15, 0.2) is 0 Å². The van der Waals surface area contributed by atoms with Crippen LogP contribution in [0.5, 0.6) is 0 Å². The van der Waals surface area contributed by atoms with E-state index in [2.05, 4.69) is 0 Å². The summed E-state index contributed by atoms with van der Waals surface area (Å²) >= 11 is 0. The van der Waals surface area contributed by atoms with Crippen molar-refractivity contribution in [2.75, 3.05) is 6.61 Å². The average Bonchev–Trinajstić information content (AvgIpc) is 2.47. The van der Waals surface area contributed by atoms with Gasteiger partial charge in [0, 0.05) is 5.56 Å². The van der Waals surface area contributed by atoms with E-state index in [9.17, 15) is 9.18 Å². The molecule has 0 amide bonds. The first-order valence-corrected chi connectivity index (χ1v) is 6.13. The van der Waals surface area contributed by atoms with Gasteiger partial charge in [-0.25, -0.2) is 9.18 Å². The van der Waals surface area contributed by atoms with Crippen LogP contribution < -0.4 is 0 Å². The predicted molar refractivity (Wildman–Crippen MR) is 72.5 cm³/mol. The standard InChI is InChI=1S/C16H12FNO2/c1-2-20-16(19)12-8-6-11(7-9-12)15-13(10-18)4-3-5-14(15)17/h3-9H,2H2,1H3. The molecule has 0 N–H and O–H groups in total. The van der Waals surface area contributed by atoms with Crippen LogP contribution in [0.15, 0.2) is 42.5 Å². The average molecular weight is 269 g/mol. The van der Waals surface area contributed by atoms with Gasteiger partial charge >= 0.3 is 5.97 Å². The van der Waals surface area contributed by atoms with Gasteiger partial charge < -0.3 is 4.74 Å². The van der Waals surface area contributed by atoms with Gasteiger partial charge in [-0.3, -0.25) is 0 Å². The number of rotatable bonds is 3. The molecule has 4 heteroatoms. The highest BCUT2D eigenvalue weighted by molar-refractivity contribution is 5.90. The summed E-state index contributed by atoms with van der Waals surface area (Å²) in [5.41, 5.74) is 1.44. The maximum atomic E-state index is 13.9. The van der Waals surface area contributed by atoms with E-state index in [-0.39, 0.29) is 11.1 Å². The molecule has 0 heterocycles. The van der Waals surface area contributed by atoms with Gasteiger partial charge in [-0.15, -0.1) is 0 Å². The van der Waals surface area contributed by atoms with Gasteiger partial charge in [0.25, 0.3) is 0 Å². The fourth-order valence-corrected chi connectivity index (χ4v) is 1.90. The van der Waals surface area contributed by atoms with Gasteiger partial charge in [-0.05, 0) is 36.8 Å². The Labute approximate surface area is 116 Å². The number of carbonyl (C=O) groups excluding carboxylic acids is 1. The van der Waals surface area contributed by atoms with Gasteiger partial charge in [-0.2, -0.15) is 5.26 Å². The number of hydrogen-bond acceptors (Lipinski definition) is 3. The van der Waals surface area contributed by atoms with Gasteiger partial charge in [0.2, 0.25) is 0 Å². The molecule has 0 atom stereocenters. The maximum Gasteiger partial charge on any atom is 0.338 e. The van der Waals surface area contributed by atoms with Gasteiger partial charge in [-0.1, -0.05) is 18.2 Å². The summed E-state index contributed by atoms with van der Waals surface area (Å²) in [7, 11) is 0. The molecule has 3 nitrogen and oxygen atoms in total. The second-order valence-electron chi connectivity index (χ2n) is 4.07. The quantitative estimate of drug-likeness (QED) is 0.801. The molecule has 0 saturated heterocycles. The van der Waals surface area contributed by atoms with E-state index >= 15 is 0 Å². The molecule has 2 aromatic carbocycles. The lowest BCUT2D eigenvalue weighted by atomic mass is 9.99. The summed E-state index contributed by atoms with van der Waals surface area (Å²) in [6, 6.07) is 12.6. The third-order valence-corrected chi connectivity index (χ3v) is 2.82. The molecular formula is C16H12FNO2. The zero-order valence-electron chi connectivity index (χ0n) is 10.9. The third-order valence-electron chi connectivity index (χ3n) is 2.82. The van der Waals surface area contributed by atoms with Crippen LogP contribution in [-0.4, -0.2) is 12.6 Å². The van der Waals surface area contributed by atoms with E-state index in [1.807, 2.05) is 6.07 Å². The lowest BCUT2D eigenvalue weighted by molar-refractivity contribution is 0.0526. The molecule has 0 aliphatic heterocycles. The lowest BCUT2D eigenvalue weighted by Gasteiger charge is -2.07. The molecule has 20 heavy (non-hydrogen) atoms. The minimum absolute atomic E-state index is 0.241. The van der Waals surface area contributed by atoms with E-state index in [1.54, 1.807) is 37.3 Å². The topological polar surface area (TPSA) is 50.1 Å². The van der Waals surface area contributed by atoms with E-state index in [0.29, 0.717) is 17.7 Å². The van der Waals surface area contributed by atoms with E-state index in [1.165, 1.54) is 12.1 Å². The van der Waals surface area contributed by atoms with Crippen LogP contribution in [-0.2, 0) is 4.74 Å². The van der Waals surface area contributed by atoms with Crippen molar-refractivity contribution in [1.29, 1.82) is 5.26 Å². The van der Waals surface area contributed by atoms with Crippen molar-refractivity contribution in [3.8, 4) is 17.2 Å². The number of esters is 1. The summed E-state index contributed by atoms with van der Waals surface area (Å²) in [6.45, 7) is 2.03. The zero-order chi connectivity index (χ0) is 14.5. The van der Waals surface area contributed by atoms with Crippen molar-refractivity contribution in [3.63, 3.8) is 0 Å². The molecule has 2 aromatic rings. The molecular weight excluding hydrogens is 257 g/mol. The Balaban J connectivity index is 2.41. The van der Waals surface area contributed by atoms with Crippen LogP contribution >= 0.6 is 0 Å². The Morgan fingerprint density at radius 2 is 1.95 bits per heavy atom. The Kier molecular flexibility index (Phi) is 4.11. The number of halogens is 1. The number of nitrogens with zero attached hydrogens (tertiary/aromatic N) is 1. The number of nitriles is 1.